The fraction of sp³-hybridized carbons (Fsp3) is 0.200. The minimum atomic E-state index is -0.593. The summed E-state index contributed by atoms with van der Waals surface area (Å²) in [6, 6.07) is 25.9. The molecule has 4 heteroatoms. The zero-order chi connectivity index (χ0) is 20.6. The summed E-state index contributed by atoms with van der Waals surface area (Å²) in [5.74, 6) is -1.32. The molecule has 0 N–H and O–H groups in total. The molecule has 0 heterocycles. The summed E-state index contributed by atoms with van der Waals surface area (Å²) in [4.78, 5) is 26.0. The molecule has 0 fully saturated rings. The van der Waals surface area contributed by atoms with Gasteiger partial charge in [-0.3, -0.25) is 9.59 Å². The summed E-state index contributed by atoms with van der Waals surface area (Å²) in [6.45, 7) is 2.06. The lowest BCUT2D eigenvalue weighted by Crippen LogP contribution is -2.25. The summed E-state index contributed by atoms with van der Waals surface area (Å²) in [5.41, 5.74) is 2.33. The van der Waals surface area contributed by atoms with Crippen molar-refractivity contribution in [1.29, 1.82) is 0 Å². The number of hydrogen-bond donors (Lipinski definition) is 0. The molecule has 3 rings (SSSR count). The van der Waals surface area contributed by atoms with E-state index in [1.165, 1.54) is 0 Å². The molecule has 0 aliphatic carbocycles. The van der Waals surface area contributed by atoms with Crippen LogP contribution in [-0.4, -0.2) is 18.4 Å². The van der Waals surface area contributed by atoms with E-state index < -0.39 is 5.92 Å². The number of ether oxygens (including phenoxy) is 1. The summed E-state index contributed by atoms with van der Waals surface area (Å²) in [6.07, 6.45) is 0.185. The van der Waals surface area contributed by atoms with Crippen LogP contribution in [0.1, 0.15) is 46.7 Å². The summed E-state index contributed by atoms with van der Waals surface area (Å²) in [5, 5.41) is 0.606. The molecular formula is C25H23ClO3. The quantitative estimate of drug-likeness (QED) is 0.338. The first-order valence-electron chi connectivity index (χ1n) is 9.65. The third-order valence-electron chi connectivity index (χ3n) is 4.90. The van der Waals surface area contributed by atoms with Gasteiger partial charge in [0.25, 0.3) is 0 Å². The van der Waals surface area contributed by atoms with Crippen LogP contribution in [0.15, 0.2) is 84.9 Å². The number of halogens is 1. The van der Waals surface area contributed by atoms with Crippen LogP contribution in [0.2, 0.25) is 5.02 Å². The van der Waals surface area contributed by atoms with Crippen molar-refractivity contribution in [3.63, 3.8) is 0 Å². The van der Waals surface area contributed by atoms with Crippen molar-refractivity contribution in [2.24, 2.45) is 0 Å². The first kappa shape index (κ1) is 20.8. The van der Waals surface area contributed by atoms with Crippen LogP contribution in [0.5, 0.6) is 0 Å². The van der Waals surface area contributed by atoms with E-state index >= 15 is 0 Å². The molecule has 0 bridgehead atoms. The molecule has 2 atom stereocenters. The van der Waals surface area contributed by atoms with E-state index in [2.05, 4.69) is 0 Å². The van der Waals surface area contributed by atoms with Crippen LogP contribution in [-0.2, 0) is 9.53 Å². The maximum atomic E-state index is 13.0. The number of carbonyl (C=O) groups excluding carboxylic acids is 2. The molecule has 0 radical (unpaired) electrons. The van der Waals surface area contributed by atoms with Crippen molar-refractivity contribution in [3.8, 4) is 0 Å². The van der Waals surface area contributed by atoms with Crippen molar-refractivity contribution >= 4 is 23.4 Å². The van der Waals surface area contributed by atoms with Crippen LogP contribution >= 0.6 is 11.6 Å². The number of Topliss-reactive ketones (excluding diaryl/α,β-unsaturated/α-hetero) is 1. The van der Waals surface area contributed by atoms with Gasteiger partial charge in [0.15, 0.2) is 5.78 Å². The van der Waals surface area contributed by atoms with Gasteiger partial charge in [-0.2, -0.15) is 0 Å². The van der Waals surface area contributed by atoms with Gasteiger partial charge in [0.1, 0.15) is 0 Å². The molecule has 2 unspecified atom stereocenters. The van der Waals surface area contributed by atoms with Crippen molar-refractivity contribution < 1.29 is 14.3 Å². The Morgan fingerprint density at radius 1 is 0.828 bits per heavy atom. The van der Waals surface area contributed by atoms with Crippen molar-refractivity contribution in [3.05, 3.63) is 107 Å². The van der Waals surface area contributed by atoms with Crippen molar-refractivity contribution in [2.75, 3.05) is 6.61 Å². The van der Waals surface area contributed by atoms with Crippen molar-refractivity contribution in [1.82, 2.24) is 0 Å². The maximum Gasteiger partial charge on any atom is 0.314 e. The average Bonchev–Trinajstić information content (AvgIpc) is 2.75. The average molecular weight is 407 g/mol. The van der Waals surface area contributed by atoms with Gasteiger partial charge in [-0.05, 0) is 30.2 Å². The molecule has 29 heavy (non-hydrogen) atoms. The highest BCUT2D eigenvalue weighted by Gasteiger charge is 2.34. The van der Waals surface area contributed by atoms with Gasteiger partial charge < -0.3 is 4.74 Å². The summed E-state index contributed by atoms with van der Waals surface area (Å²) in [7, 11) is 0. The van der Waals surface area contributed by atoms with Gasteiger partial charge >= 0.3 is 5.97 Å². The Morgan fingerprint density at radius 3 is 2.00 bits per heavy atom. The van der Waals surface area contributed by atoms with Crippen LogP contribution < -0.4 is 0 Å². The highest BCUT2D eigenvalue weighted by molar-refractivity contribution is 6.30. The fourth-order valence-electron chi connectivity index (χ4n) is 3.50. The van der Waals surface area contributed by atoms with Gasteiger partial charge in [-0.15, -0.1) is 0 Å². The highest BCUT2D eigenvalue weighted by atomic mass is 35.5. The molecule has 0 spiro atoms. The molecule has 0 aromatic heterocycles. The maximum absolute atomic E-state index is 13.0. The number of benzene rings is 3. The molecule has 0 amide bonds. The Morgan fingerprint density at radius 2 is 1.41 bits per heavy atom. The molecule has 3 aromatic rings. The molecule has 3 nitrogen and oxygen atoms in total. The molecular weight excluding hydrogens is 384 g/mol. The van der Waals surface area contributed by atoms with Crippen molar-refractivity contribution in [2.45, 2.75) is 25.2 Å². The highest BCUT2D eigenvalue weighted by Crippen LogP contribution is 2.38. The largest absolute Gasteiger partial charge is 0.466 e. The zero-order valence-corrected chi connectivity index (χ0v) is 17.0. The van der Waals surface area contributed by atoms with Crippen LogP contribution in [0.3, 0.4) is 0 Å². The normalized spacial score (nSPS) is 12.8. The van der Waals surface area contributed by atoms with Gasteiger partial charge in [0.05, 0.1) is 12.5 Å². The molecule has 0 saturated carbocycles. The lowest BCUT2D eigenvalue weighted by molar-refractivity contribution is -0.145. The molecule has 0 aliphatic rings. The van der Waals surface area contributed by atoms with Crippen LogP contribution in [0.25, 0.3) is 0 Å². The third kappa shape index (κ3) is 5.33. The van der Waals surface area contributed by atoms with E-state index in [1.807, 2.05) is 60.7 Å². The summed E-state index contributed by atoms with van der Waals surface area (Å²) >= 11 is 6.07. The van der Waals surface area contributed by atoms with Gasteiger partial charge in [0, 0.05) is 22.9 Å². The Kier molecular flexibility index (Phi) is 7.20. The van der Waals surface area contributed by atoms with Gasteiger partial charge in [-0.1, -0.05) is 84.4 Å². The number of carbonyl (C=O) groups is 2. The number of esters is 1. The van der Waals surface area contributed by atoms with E-state index in [-0.39, 0.29) is 30.7 Å². The van der Waals surface area contributed by atoms with E-state index in [0.717, 1.165) is 11.1 Å². The van der Waals surface area contributed by atoms with Gasteiger partial charge in [-0.25, -0.2) is 0 Å². The van der Waals surface area contributed by atoms with Crippen LogP contribution in [0, 0.1) is 0 Å². The Labute approximate surface area is 176 Å². The first-order chi connectivity index (χ1) is 14.1. The monoisotopic (exact) mass is 406 g/mol. The number of rotatable bonds is 8. The lowest BCUT2D eigenvalue weighted by atomic mass is 9.78. The van der Waals surface area contributed by atoms with Gasteiger partial charge in [0.2, 0.25) is 0 Å². The van der Waals surface area contributed by atoms with Crippen LogP contribution in [0.4, 0.5) is 0 Å². The second-order valence-electron chi connectivity index (χ2n) is 6.79. The lowest BCUT2D eigenvalue weighted by Gasteiger charge is -2.26. The second kappa shape index (κ2) is 10.0. The number of ketones is 1. The topological polar surface area (TPSA) is 43.4 Å². The molecule has 0 saturated heterocycles. The van der Waals surface area contributed by atoms with E-state index in [0.29, 0.717) is 10.6 Å². The first-order valence-corrected chi connectivity index (χ1v) is 10.0. The fourth-order valence-corrected chi connectivity index (χ4v) is 3.63. The predicted octanol–water partition coefficient (Wildman–Crippen LogP) is 6.04. The molecule has 3 aromatic carbocycles. The minimum Gasteiger partial charge on any atom is -0.466 e. The SMILES string of the molecule is CCOC(=O)C(c1ccccc1)C(CC(=O)c1ccccc1)c1ccc(Cl)cc1. The van der Waals surface area contributed by atoms with E-state index in [1.54, 1.807) is 31.2 Å². The Bertz CT molecular complexity index is 937. The Balaban J connectivity index is 2.04. The molecule has 148 valence electrons. The third-order valence-corrected chi connectivity index (χ3v) is 5.15. The number of hydrogen-bond acceptors (Lipinski definition) is 3. The standard InChI is InChI=1S/C25H23ClO3/c1-2-29-25(28)24(20-11-7-4-8-12-20)22(18-13-15-21(26)16-14-18)17-23(27)19-9-5-3-6-10-19/h3-16,22,24H,2,17H2,1H3. The minimum absolute atomic E-state index is 0.0178. The summed E-state index contributed by atoms with van der Waals surface area (Å²) < 4.78 is 5.40. The smallest absolute Gasteiger partial charge is 0.314 e. The second-order valence-corrected chi connectivity index (χ2v) is 7.23. The predicted molar refractivity (Wildman–Crippen MR) is 115 cm³/mol. The zero-order valence-electron chi connectivity index (χ0n) is 16.3. The molecule has 0 aliphatic heterocycles. The Hall–Kier alpha value is -2.91. The van der Waals surface area contributed by atoms with E-state index in [4.69, 9.17) is 16.3 Å². The van der Waals surface area contributed by atoms with E-state index in [9.17, 15) is 9.59 Å².